The molecule has 1 heterocycles. The van der Waals surface area contributed by atoms with Gasteiger partial charge in [0.05, 0.1) is 0 Å². The van der Waals surface area contributed by atoms with Gasteiger partial charge in [0.15, 0.2) is 0 Å². The first-order valence-electron chi connectivity index (χ1n) is 4.59. The minimum atomic E-state index is -0.405. The molecule has 0 fully saturated rings. The summed E-state index contributed by atoms with van der Waals surface area (Å²) in [7, 11) is 7.17. The average Bonchev–Trinajstić information content (AvgIpc) is 2.18. The molecule has 0 saturated carbocycles. The van der Waals surface area contributed by atoms with E-state index in [-0.39, 0.29) is 0 Å². The number of pyridine rings is 1. The van der Waals surface area contributed by atoms with Crippen LogP contribution in [0.15, 0.2) is 24.5 Å². The molecule has 0 unspecified atom stereocenters. The highest BCUT2D eigenvalue weighted by atomic mass is 16.7. The topological polar surface area (TPSA) is 36.7 Å². The summed E-state index contributed by atoms with van der Waals surface area (Å²) in [6.45, 7) is 0. The molecule has 5 heteroatoms. The zero-order valence-corrected chi connectivity index (χ0v) is 9.47. The van der Waals surface area contributed by atoms with E-state index in [4.69, 9.17) is 4.84 Å². The second kappa shape index (κ2) is 4.63. The minimum absolute atomic E-state index is 0.405. The zero-order valence-electron chi connectivity index (χ0n) is 9.47. The van der Waals surface area contributed by atoms with E-state index < -0.39 is 6.09 Å². The van der Waals surface area contributed by atoms with E-state index >= 15 is 0 Å². The van der Waals surface area contributed by atoms with Crippen molar-refractivity contribution in [2.45, 2.75) is 0 Å². The van der Waals surface area contributed by atoms with Gasteiger partial charge in [-0.25, -0.2) is 4.79 Å². The number of carbonyl (C=O) groups excluding carboxylic acids is 1. The number of amides is 1. The summed E-state index contributed by atoms with van der Waals surface area (Å²) in [4.78, 5) is 19.5. The maximum absolute atomic E-state index is 11.2. The van der Waals surface area contributed by atoms with Crippen molar-refractivity contribution in [3.63, 3.8) is 0 Å². The number of rotatable bonds is 2. The molecule has 1 aromatic rings. The molecule has 0 saturated heterocycles. The van der Waals surface area contributed by atoms with Gasteiger partial charge >= 0.3 is 6.09 Å². The Morgan fingerprint density at radius 2 is 1.73 bits per heavy atom. The fourth-order valence-corrected chi connectivity index (χ4v) is 0.936. The molecule has 1 aromatic heterocycles. The molecule has 0 atom stereocenters. The highest BCUT2D eigenvalue weighted by molar-refractivity contribution is 5.66. The fourth-order valence-electron chi connectivity index (χ4n) is 0.936. The second-order valence-corrected chi connectivity index (χ2v) is 3.56. The number of anilines is 1. The van der Waals surface area contributed by atoms with Crippen LogP contribution >= 0.6 is 0 Å². The first kappa shape index (κ1) is 11.3. The third-order valence-corrected chi connectivity index (χ3v) is 1.85. The van der Waals surface area contributed by atoms with Gasteiger partial charge in [0.25, 0.3) is 0 Å². The van der Waals surface area contributed by atoms with Gasteiger partial charge in [-0.05, 0) is 0 Å². The number of carbonyl (C=O) groups is 1. The normalized spacial score (nSPS) is 9.60. The lowest BCUT2D eigenvalue weighted by Crippen LogP contribution is -2.48. The van der Waals surface area contributed by atoms with E-state index in [9.17, 15) is 4.79 Å². The average molecular weight is 210 g/mol. The predicted molar refractivity (Wildman–Crippen MR) is 56.6 cm³/mol. The van der Waals surface area contributed by atoms with Crippen molar-refractivity contribution < 1.29 is 14.4 Å². The van der Waals surface area contributed by atoms with Crippen LogP contribution in [0.1, 0.15) is 0 Å². The summed E-state index contributed by atoms with van der Waals surface area (Å²) in [6.07, 6.45) is 2.98. The maximum atomic E-state index is 11.2. The zero-order chi connectivity index (χ0) is 11.4. The van der Waals surface area contributed by atoms with Gasteiger partial charge in [0, 0.05) is 50.7 Å². The Morgan fingerprint density at radius 3 is 2.13 bits per heavy atom. The summed E-state index contributed by atoms with van der Waals surface area (Å²) in [5.41, 5.74) is 1.05. The van der Waals surface area contributed by atoms with Crippen LogP contribution in [0.5, 0.6) is 0 Å². The Morgan fingerprint density at radius 1 is 1.20 bits per heavy atom. The molecule has 1 rings (SSSR count). The summed E-state index contributed by atoms with van der Waals surface area (Å²) >= 11 is 0. The van der Waals surface area contributed by atoms with Gasteiger partial charge in [0.2, 0.25) is 12.4 Å². The molecule has 0 radical (unpaired) electrons. The van der Waals surface area contributed by atoms with Crippen LogP contribution in [0.3, 0.4) is 0 Å². The summed E-state index contributed by atoms with van der Waals surface area (Å²) in [5, 5.41) is 0. The van der Waals surface area contributed by atoms with E-state index in [0.717, 1.165) is 5.69 Å². The first-order chi connectivity index (χ1) is 7.00. The number of hydrogen-bond acceptors (Lipinski definition) is 3. The maximum Gasteiger partial charge on any atom is 0.477 e. The molecular weight excluding hydrogens is 194 g/mol. The number of hydrogen-bond donors (Lipinski definition) is 0. The van der Waals surface area contributed by atoms with Gasteiger partial charge in [-0.15, -0.1) is 0 Å². The molecule has 0 aliphatic rings. The van der Waals surface area contributed by atoms with Gasteiger partial charge in [0.1, 0.15) is 0 Å². The Hall–Kier alpha value is -1.78. The molecule has 15 heavy (non-hydrogen) atoms. The van der Waals surface area contributed by atoms with E-state index in [2.05, 4.69) is 0 Å². The minimum Gasteiger partial charge on any atom is -0.377 e. The predicted octanol–water partition coefficient (Wildman–Crippen LogP) is 0.150. The molecule has 0 aromatic carbocycles. The molecule has 0 spiro atoms. The SMILES string of the molecule is CN(C)C(=O)O[n+]1ccc(N(C)C)cc1. The van der Waals surface area contributed by atoms with Crippen LogP contribution < -0.4 is 14.5 Å². The lowest BCUT2D eigenvalue weighted by Gasteiger charge is -2.10. The van der Waals surface area contributed by atoms with E-state index in [1.807, 2.05) is 31.1 Å². The molecular formula is C10H16N3O2+. The van der Waals surface area contributed by atoms with Crippen molar-refractivity contribution in [2.24, 2.45) is 0 Å². The van der Waals surface area contributed by atoms with E-state index in [0.29, 0.717) is 0 Å². The Kier molecular flexibility index (Phi) is 3.49. The van der Waals surface area contributed by atoms with Crippen LogP contribution in [-0.4, -0.2) is 39.2 Å². The third-order valence-electron chi connectivity index (χ3n) is 1.85. The molecule has 1 amide bonds. The van der Waals surface area contributed by atoms with Crippen molar-refractivity contribution >= 4 is 11.8 Å². The van der Waals surface area contributed by atoms with Crippen molar-refractivity contribution in [3.05, 3.63) is 24.5 Å². The van der Waals surface area contributed by atoms with Crippen LogP contribution in [0.25, 0.3) is 0 Å². The monoisotopic (exact) mass is 210 g/mol. The highest BCUT2D eigenvalue weighted by Crippen LogP contribution is 2.05. The summed E-state index contributed by atoms with van der Waals surface area (Å²) in [5.74, 6) is 0. The third kappa shape index (κ3) is 3.12. The quantitative estimate of drug-likeness (QED) is 0.652. The van der Waals surface area contributed by atoms with Crippen LogP contribution in [-0.2, 0) is 0 Å². The van der Waals surface area contributed by atoms with Gasteiger partial charge in [-0.1, -0.05) is 0 Å². The lowest BCUT2D eigenvalue weighted by atomic mass is 10.4. The number of aromatic nitrogens is 1. The van der Waals surface area contributed by atoms with Crippen molar-refractivity contribution in [1.29, 1.82) is 0 Å². The van der Waals surface area contributed by atoms with Crippen molar-refractivity contribution in [1.82, 2.24) is 4.90 Å². The van der Waals surface area contributed by atoms with Crippen LogP contribution in [0.4, 0.5) is 10.5 Å². The highest BCUT2D eigenvalue weighted by Gasteiger charge is 2.12. The number of nitrogens with zero attached hydrogens (tertiary/aromatic N) is 3. The molecule has 0 aliphatic carbocycles. The smallest absolute Gasteiger partial charge is 0.377 e. The van der Waals surface area contributed by atoms with Crippen LogP contribution in [0.2, 0.25) is 0 Å². The molecule has 0 N–H and O–H groups in total. The standard InChI is InChI=1S/C10H16N3O2/c1-11(2)9-5-7-13(8-6-9)15-10(14)12(3)4/h5-8H,1-4H3/q+1. The molecule has 5 nitrogen and oxygen atoms in total. The molecule has 0 bridgehead atoms. The Bertz CT molecular complexity index is 333. The summed E-state index contributed by atoms with van der Waals surface area (Å²) in [6, 6.07) is 3.73. The van der Waals surface area contributed by atoms with Crippen molar-refractivity contribution in [2.75, 3.05) is 33.1 Å². The van der Waals surface area contributed by atoms with E-state index in [1.54, 1.807) is 26.5 Å². The first-order valence-corrected chi connectivity index (χ1v) is 4.59. The van der Waals surface area contributed by atoms with Crippen LogP contribution in [0, 0.1) is 0 Å². The van der Waals surface area contributed by atoms with Gasteiger partial charge in [-0.2, -0.15) is 4.84 Å². The lowest BCUT2D eigenvalue weighted by molar-refractivity contribution is -0.869. The molecule has 82 valence electrons. The van der Waals surface area contributed by atoms with Gasteiger partial charge in [-0.3, -0.25) is 0 Å². The molecule has 0 aliphatic heterocycles. The largest absolute Gasteiger partial charge is 0.477 e. The summed E-state index contributed by atoms with van der Waals surface area (Å²) < 4.78 is 1.37. The Balaban J connectivity index is 2.69. The van der Waals surface area contributed by atoms with Gasteiger partial charge < -0.3 is 9.80 Å². The van der Waals surface area contributed by atoms with Crippen molar-refractivity contribution in [3.8, 4) is 0 Å². The second-order valence-electron chi connectivity index (χ2n) is 3.56. The van der Waals surface area contributed by atoms with E-state index in [1.165, 1.54) is 9.63 Å². The fraction of sp³-hybridized carbons (Fsp3) is 0.400. The Labute approximate surface area is 89.4 Å².